The first-order valence-corrected chi connectivity index (χ1v) is 7.03. The second kappa shape index (κ2) is 5.10. The van der Waals surface area contributed by atoms with E-state index in [9.17, 15) is 4.79 Å². The molecular formula is C13H18N2OS. The number of benzene rings is 1. The molecule has 1 amide bonds. The summed E-state index contributed by atoms with van der Waals surface area (Å²) in [6, 6.07) is 7.87. The first-order valence-electron chi connectivity index (χ1n) is 5.80. The summed E-state index contributed by atoms with van der Waals surface area (Å²) in [5.74, 6) is 0.488. The van der Waals surface area contributed by atoms with Gasteiger partial charge in [0.25, 0.3) is 5.91 Å². The van der Waals surface area contributed by atoms with Crippen molar-refractivity contribution in [3.63, 3.8) is 0 Å². The van der Waals surface area contributed by atoms with Crippen LogP contribution in [0, 0.1) is 5.92 Å². The molecule has 4 heteroatoms. The first-order chi connectivity index (χ1) is 8.11. The van der Waals surface area contributed by atoms with Crippen LogP contribution in [0.1, 0.15) is 17.3 Å². The van der Waals surface area contributed by atoms with E-state index in [1.54, 1.807) is 11.8 Å². The van der Waals surface area contributed by atoms with Crippen molar-refractivity contribution in [2.24, 2.45) is 11.7 Å². The zero-order valence-corrected chi connectivity index (χ0v) is 11.0. The molecule has 2 N–H and O–H groups in total. The number of rotatable bonds is 2. The monoisotopic (exact) mass is 250 g/mol. The summed E-state index contributed by atoms with van der Waals surface area (Å²) in [4.78, 5) is 15.2. The molecule has 0 aromatic heterocycles. The lowest BCUT2D eigenvalue weighted by atomic mass is 10.1. The van der Waals surface area contributed by atoms with Crippen LogP contribution in [-0.2, 0) is 0 Å². The number of amides is 1. The van der Waals surface area contributed by atoms with E-state index < -0.39 is 0 Å². The Balaban J connectivity index is 2.09. The van der Waals surface area contributed by atoms with Crippen LogP contribution in [0.5, 0.6) is 0 Å². The van der Waals surface area contributed by atoms with Crippen LogP contribution in [-0.4, -0.2) is 36.2 Å². The number of hydrogen-bond donors (Lipinski definition) is 1. The molecule has 92 valence electrons. The number of hydrogen-bond acceptors (Lipinski definition) is 3. The summed E-state index contributed by atoms with van der Waals surface area (Å²) < 4.78 is 0. The van der Waals surface area contributed by atoms with E-state index in [1.165, 1.54) is 4.90 Å². The summed E-state index contributed by atoms with van der Waals surface area (Å²) in [5.41, 5.74) is 6.69. The molecule has 0 spiro atoms. The lowest BCUT2D eigenvalue weighted by Gasteiger charge is -2.15. The SMILES string of the molecule is CSc1ccc(C(=O)N2CC(C)C(N)C2)cc1. The Morgan fingerprint density at radius 3 is 2.47 bits per heavy atom. The zero-order chi connectivity index (χ0) is 12.4. The smallest absolute Gasteiger partial charge is 0.253 e. The zero-order valence-electron chi connectivity index (χ0n) is 10.2. The number of nitrogens with zero attached hydrogens (tertiary/aromatic N) is 1. The van der Waals surface area contributed by atoms with E-state index in [-0.39, 0.29) is 11.9 Å². The maximum absolute atomic E-state index is 12.2. The summed E-state index contributed by atoms with van der Waals surface area (Å²) in [6.45, 7) is 3.53. The van der Waals surface area contributed by atoms with Crippen molar-refractivity contribution < 1.29 is 4.79 Å². The van der Waals surface area contributed by atoms with Crippen molar-refractivity contribution in [2.45, 2.75) is 17.9 Å². The molecule has 0 bridgehead atoms. The molecule has 0 radical (unpaired) electrons. The molecule has 1 aromatic rings. The van der Waals surface area contributed by atoms with E-state index in [0.29, 0.717) is 12.5 Å². The van der Waals surface area contributed by atoms with Crippen LogP contribution in [0.2, 0.25) is 0 Å². The molecule has 17 heavy (non-hydrogen) atoms. The van der Waals surface area contributed by atoms with Crippen LogP contribution in [0.3, 0.4) is 0 Å². The topological polar surface area (TPSA) is 46.3 Å². The van der Waals surface area contributed by atoms with Gasteiger partial charge in [0.2, 0.25) is 0 Å². The molecule has 1 saturated heterocycles. The van der Waals surface area contributed by atoms with Gasteiger partial charge in [-0.1, -0.05) is 6.92 Å². The molecule has 1 aromatic carbocycles. The Morgan fingerprint density at radius 2 is 2.00 bits per heavy atom. The molecule has 0 aliphatic carbocycles. The number of carbonyl (C=O) groups is 1. The summed E-state index contributed by atoms with van der Waals surface area (Å²) in [6.07, 6.45) is 2.03. The third-order valence-electron chi connectivity index (χ3n) is 3.29. The third-order valence-corrected chi connectivity index (χ3v) is 4.04. The quantitative estimate of drug-likeness (QED) is 0.815. The largest absolute Gasteiger partial charge is 0.337 e. The van der Waals surface area contributed by atoms with Gasteiger partial charge in [0.05, 0.1) is 0 Å². The molecule has 2 atom stereocenters. The Bertz CT molecular complexity index is 394. The molecule has 1 aliphatic rings. The molecule has 2 rings (SSSR count). The van der Waals surface area contributed by atoms with E-state index >= 15 is 0 Å². The summed E-state index contributed by atoms with van der Waals surface area (Å²) in [5, 5.41) is 0. The highest BCUT2D eigenvalue weighted by molar-refractivity contribution is 7.98. The third kappa shape index (κ3) is 2.64. The highest BCUT2D eigenvalue weighted by Crippen LogP contribution is 2.19. The van der Waals surface area contributed by atoms with Gasteiger partial charge in [0.1, 0.15) is 0 Å². The second-order valence-corrected chi connectivity index (χ2v) is 5.46. The van der Waals surface area contributed by atoms with E-state index in [0.717, 1.165) is 12.1 Å². The minimum Gasteiger partial charge on any atom is -0.337 e. The van der Waals surface area contributed by atoms with Gasteiger partial charge in [-0.3, -0.25) is 4.79 Å². The van der Waals surface area contributed by atoms with Crippen LogP contribution in [0.15, 0.2) is 29.2 Å². The van der Waals surface area contributed by atoms with E-state index in [2.05, 4.69) is 6.92 Å². The highest BCUT2D eigenvalue weighted by atomic mass is 32.2. The molecule has 2 unspecified atom stereocenters. The van der Waals surface area contributed by atoms with Gasteiger partial charge < -0.3 is 10.6 Å². The minimum absolute atomic E-state index is 0.0949. The summed E-state index contributed by atoms with van der Waals surface area (Å²) >= 11 is 1.68. The lowest BCUT2D eigenvalue weighted by Crippen LogP contribution is -2.32. The van der Waals surface area contributed by atoms with Gasteiger partial charge in [-0.05, 0) is 36.4 Å². The average Bonchev–Trinajstić information content (AvgIpc) is 2.69. The van der Waals surface area contributed by atoms with Crippen LogP contribution >= 0.6 is 11.8 Å². The predicted molar refractivity (Wildman–Crippen MR) is 71.3 cm³/mol. The van der Waals surface area contributed by atoms with Crippen LogP contribution in [0.4, 0.5) is 0 Å². The van der Waals surface area contributed by atoms with Crippen LogP contribution in [0.25, 0.3) is 0 Å². The fourth-order valence-electron chi connectivity index (χ4n) is 2.07. The number of nitrogens with two attached hydrogens (primary N) is 1. The van der Waals surface area contributed by atoms with E-state index in [4.69, 9.17) is 5.73 Å². The van der Waals surface area contributed by atoms with Gasteiger partial charge in [-0.2, -0.15) is 0 Å². The number of carbonyl (C=O) groups excluding carboxylic acids is 1. The Morgan fingerprint density at radius 1 is 1.35 bits per heavy atom. The fraction of sp³-hybridized carbons (Fsp3) is 0.462. The van der Waals surface area contributed by atoms with Gasteiger partial charge in [0, 0.05) is 29.6 Å². The Labute approximate surface area is 106 Å². The van der Waals surface area contributed by atoms with Crippen molar-refractivity contribution in [1.29, 1.82) is 0 Å². The van der Waals surface area contributed by atoms with Gasteiger partial charge >= 0.3 is 0 Å². The van der Waals surface area contributed by atoms with Crippen molar-refractivity contribution in [3.05, 3.63) is 29.8 Å². The molecule has 1 heterocycles. The van der Waals surface area contributed by atoms with Gasteiger partial charge in [0.15, 0.2) is 0 Å². The lowest BCUT2D eigenvalue weighted by molar-refractivity contribution is 0.0787. The maximum atomic E-state index is 12.2. The van der Waals surface area contributed by atoms with Crippen LogP contribution < -0.4 is 5.73 Å². The standard InChI is InChI=1S/C13H18N2OS/c1-9-7-15(8-12(9)14)13(16)10-3-5-11(17-2)6-4-10/h3-6,9,12H,7-8,14H2,1-2H3. The molecule has 1 fully saturated rings. The Hall–Kier alpha value is -1.00. The number of thioether (sulfide) groups is 1. The van der Waals surface area contributed by atoms with Crippen molar-refractivity contribution in [1.82, 2.24) is 4.90 Å². The molecule has 3 nitrogen and oxygen atoms in total. The summed E-state index contributed by atoms with van der Waals surface area (Å²) in [7, 11) is 0. The van der Waals surface area contributed by atoms with Crippen molar-refractivity contribution in [2.75, 3.05) is 19.3 Å². The molecule has 1 aliphatic heterocycles. The molecular weight excluding hydrogens is 232 g/mol. The molecule has 0 saturated carbocycles. The van der Waals surface area contributed by atoms with Gasteiger partial charge in [-0.15, -0.1) is 11.8 Å². The van der Waals surface area contributed by atoms with Crippen molar-refractivity contribution in [3.8, 4) is 0 Å². The predicted octanol–water partition coefficient (Wildman–Crippen LogP) is 1.83. The first kappa shape index (κ1) is 12.5. The van der Waals surface area contributed by atoms with Gasteiger partial charge in [-0.25, -0.2) is 0 Å². The second-order valence-electron chi connectivity index (χ2n) is 4.58. The Kier molecular flexibility index (Phi) is 3.74. The average molecular weight is 250 g/mol. The maximum Gasteiger partial charge on any atom is 0.253 e. The minimum atomic E-state index is 0.0949. The van der Waals surface area contributed by atoms with Crippen molar-refractivity contribution >= 4 is 17.7 Å². The number of likely N-dealkylation sites (tertiary alicyclic amines) is 1. The highest BCUT2D eigenvalue weighted by Gasteiger charge is 2.30. The van der Waals surface area contributed by atoms with E-state index in [1.807, 2.05) is 35.4 Å². The normalized spacial score (nSPS) is 24.1. The fourth-order valence-corrected chi connectivity index (χ4v) is 2.48.